The first-order valence-corrected chi connectivity index (χ1v) is 11.8. The smallest absolute Gasteiger partial charge is 0.545 e. The van der Waals surface area contributed by atoms with Gasteiger partial charge in [0.2, 0.25) is 0 Å². The van der Waals surface area contributed by atoms with Gasteiger partial charge in [-0.25, -0.2) is 17.7 Å². The maximum Gasteiger partial charge on any atom is 1.00 e. The summed E-state index contributed by atoms with van der Waals surface area (Å²) in [6.07, 6.45) is 3.23. The second-order valence-electron chi connectivity index (χ2n) is 7.09. The summed E-state index contributed by atoms with van der Waals surface area (Å²) in [5.41, 5.74) is 1.12. The number of fused-ring (bicyclic) bond motifs is 1. The Balaban J connectivity index is 0.00000306. The predicted molar refractivity (Wildman–Crippen MR) is 123 cm³/mol. The summed E-state index contributed by atoms with van der Waals surface area (Å²) in [4.78, 5) is 19.8. The fourth-order valence-electron chi connectivity index (χ4n) is 3.36. The van der Waals surface area contributed by atoms with Gasteiger partial charge in [-0.3, -0.25) is 4.98 Å². The van der Waals surface area contributed by atoms with E-state index in [4.69, 9.17) is 0 Å². The number of hydrogen-bond donors (Lipinski definition) is 0. The van der Waals surface area contributed by atoms with Gasteiger partial charge in [0, 0.05) is 27.8 Å². The van der Waals surface area contributed by atoms with Crippen molar-refractivity contribution in [2.45, 2.75) is 18.4 Å². The van der Waals surface area contributed by atoms with Crippen LogP contribution in [0.2, 0.25) is 0 Å². The summed E-state index contributed by atoms with van der Waals surface area (Å²) < 4.78 is 29.3. The Morgan fingerprint density at radius 1 is 1.00 bits per heavy atom. The number of sulfonamides is 1. The van der Waals surface area contributed by atoms with Crippen molar-refractivity contribution >= 4 is 48.5 Å². The number of aromatic carboxylic acids is 1. The molecule has 0 atom stereocenters. The van der Waals surface area contributed by atoms with Crippen molar-refractivity contribution < 1.29 is 47.9 Å². The molecule has 0 aliphatic heterocycles. The number of anilines is 1. The van der Waals surface area contributed by atoms with E-state index in [1.165, 1.54) is 28.6 Å². The Labute approximate surface area is 222 Å². The van der Waals surface area contributed by atoms with Crippen molar-refractivity contribution in [2.24, 2.45) is 0 Å². The molecule has 0 saturated heterocycles. The van der Waals surface area contributed by atoms with Crippen LogP contribution in [0.25, 0.3) is 10.8 Å². The quantitative estimate of drug-likeness (QED) is 0.333. The molecule has 0 saturated carbocycles. The van der Waals surface area contributed by atoms with Crippen LogP contribution < -0.4 is 39.0 Å². The van der Waals surface area contributed by atoms with E-state index >= 15 is 0 Å². The summed E-state index contributed by atoms with van der Waals surface area (Å²) in [7, 11) is -4.09. The molecule has 0 N–H and O–H groups in total. The maximum atomic E-state index is 13.7. The summed E-state index contributed by atoms with van der Waals surface area (Å²) in [5, 5.41) is 12.8. The molecule has 33 heavy (non-hydrogen) atoms. The van der Waals surface area contributed by atoms with Crippen molar-refractivity contribution in [2.75, 3.05) is 4.31 Å². The van der Waals surface area contributed by atoms with Gasteiger partial charge in [0.05, 0.1) is 23.1 Å². The fraction of sp³-hybridized carbons (Fsp3) is 0.0870. The molecular weight excluding hydrogens is 517 g/mol. The van der Waals surface area contributed by atoms with E-state index in [0.29, 0.717) is 11.3 Å². The van der Waals surface area contributed by atoms with Crippen molar-refractivity contribution in [3.63, 3.8) is 0 Å². The van der Waals surface area contributed by atoms with E-state index in [0.717, 1.165) is 15.2 Å². The van der Waals surface area contributed by atoms with Gasteiger partial charge in [-0.05, 0) is 58.1 Å². The van der Waals surface area contributed by atoms with Gasteiger partial charge >= 0.3 is 29.6 Å². The number of carbonyl (C=O) groups is 1. The Morgan fingerprint density at radius 2 is 1.70 bits per heavy atom. The Hall–Kier alpha value is -2.30. The van der Waals surface area contributed by atoms with E-state index in [1.807, 2.05) is 31.2 Å². The van der Waals surface area contributed by atoms with Crippen LogP contribution in [0.5, 0.6) is 0 Å². The molecule has 2 heterocycles. The van der Waals surface area contributed by atoms with Gasteiger partial charge in [-0.1, -0.05) is 36.4 Å². The second-order valence-corrected chi connectivity index (χ2v) is 9.86. The standard InChI is InChI=1S/C23H18BrN3O4S.Na/c1-15-21-5-3-2-4-17(21)12-26-22(15)27(14-19-9-8-18(24)13-25-19)32(30,31)20-10-6-16(7-11-20)23(28)29;/h2-13H,14H2,1H3,(H,28,29);/q;+1/p-1. The topological polar surface area (TPSA) is 103 Å². The van der Waals surface area contributed by atoms with Gasteiger partial charge in [0.1, 0.15) is 5.82 Å². The predicted octanol–water partition coefficient (Wildman–Crippen LogP) is 0.464. The molecule has 4 rings (SSSR count). The van der Waals surface area contributed by atoms with Gasteiger partial charge in [0.15, 0.2) is 0 Å². The molecule has 0 aliphatic rings. The zero-order chi connectivity index (χ0) is 22.9. The Morgan fingerprint density at radius 3 is 2.33 bits per heavy atom. The minimum absolute atomic E-state index is 0. The Bertz CT molecular complexity index is 1410. The molecule has 2 aromatic carbocycles. The molecule has 10 heteroatoms. The van der Waals surface area contributed by atoms with Crippen LogP contribution >= 0.6 is 15.9 Å². The molecule has 0 amide bonds. The van der Waals surface area contributed by atoms with Crippen LogP contribution in [0.1, 0.15) is 21.6 Å². The van der Waals surface area contributed by atoms with Crippen LogP contribution in [-0.2, 0) is 16.6 Å². The summed E-state index contributed by atoms with van der Waals surface area (Å²) in [6.45, 7) is 1.77. The first kappa shape index (κ1) is 25.3. The summed E-state index contributed by atoms with van der Waals surface area (Å²) in [5.74, 6) is -1.10. The van der Waals surface area contributed by atoms with Crippen LogP contribution in [0.4, 0.5) is 5.82 Å². The molecular formula is C23H17BrN3NaO4S. The first-order valence-electron chi connectivity index (χ1n) is 9.56. The second kappa shape index (κ2) is 10.3. The molecule has 4 aromatic rings. The number of pyridine rings is 2. The molecule has 2 aromatic heterocycles. The fourth-order valence-corrected chi connectivity index (χ4v) is 5.04. The molecule has 0 unspecified atom stereocenters. The van der Waals surface area contributed by atoms with Crippen molar-refractivity contribution in [3.05, 3.63) is 94.4 Å². The average molecular weight is 534 g/mol. The zero-order valence-corrected chi connectivity index (χ0v) is 22.3. The van der Waals surface area contributed by atoms with E-state index in [1.54, 1.807) is 24.5 Å². The van der Waals surface area contributed by atoms with E-state index < -0.39 is 16.0 Å². The Kier molecular flexibility index (Phi) is 7.92. The molecule has 0 bridgehead atoms. The minimum atomic E-state index is -4.09. The summed E-state index contributed by atoms with van der Waals surface area (Å²) in [6, 6.07) is 16.0. The van der Waals surface area contributed by atoms with Crippen molar-refractivity contribution in [1.82, 2.24) is 9.97 Å². The third-order valence-electron chi connectivity index (χ3n) is 5.03. The number of nitrogens with zero attached hydrogens (tertiary/aromatic N) is 3. The zero-order valence-electron chi connectivity index (χ0n) is 17.9. The van der Waals surface area contributed by atoms with Crippen LogP contribution in [0, 0.1) is 6.92 Å². The summed E-state index contributed by atoms with van der Waals surface area (Å²) >= 11 is 3.33. The van der Waals surface area contributed by atoms with E-state index in [2.05, 4.69) is 25.9 Å². The number of halogens is 1. The van der Waals surface area contributed by atoms with Crippen LogP contribution in [-0.4, -0.2) is 24.4 Å². The van der Waals surface area contributed by atoms with Crippen molar-refractivity contribution in [3.8, 4) is 0 Å². The largest absolute Gasteiger partial charge is 1.00 e. The molecule has 0 spiro atoms. The monoisotopic (exact) mass is 533 g/mol. The number of carbonyl (C=O) groups excluding carboxylic acids is 1. The number of aryl methyl sites for hydroxylation is 1. The normalized spacial score (nSPS) is 11.1. The van der Waals surface area contributed by atoms with Gasteiger partial charge in [0.25, 0.3) is 10.0 Å². The minimum Gasteiger partial charge on any atom is -0.545 e. The third kappa shape index (κ3) is 5.28. The number of hydrogen-bond acceptors (Lipinski definition) is 6. The molecule has 0 radical (unpaired) electrons. The van der Waals surface area contributed by atoms with Gasteiger partial charge in [-0.2, -0.15) is 0 Å². The van der Waals surface area contributed by atoms with E-state index in [-0.39, 0.29) is 52.4 Å². The number of carboxylic acid groups (broad SMARTS) is 1. The maximum absolute atomic E-state index is 13.7. The third-order valence-corrected chi connectivity index (χ3v) is 7.25. The van der Waals surface area contributed by atoms with Crippen molar-refractivity contribution in [1.29, 1.82) is 0 Å². The molecule has 7 nitrogen and oxygen atoms in total. The molecule has 0 aliphatic carbocycles. The van der Waals surface area contributed by atoms with Crippen LogP contribution in [0.3, 0.4) is 0 Å². The molecule has 162 valence electrons. The van der Waals surface area contributed by atoms with Gasteiger partial charge in [-0.15, -0.1) is 0 Å². The number of benzene rings is 2. The van der Waals surface area contributed by atoms with Crippen LogP contribution in [0.15, 0.2) is 82.4 Å². The number of carboxylic acids is 1. The SMILES string of the molecule is Cc1c(N(Cc2ccc(Br)cn2)S(=O)(=O)c2ccc(C(=O)[O-])cc2)ncc2ccccc12.[Na+]. The first-order chi connectivity index (χ1) is 15.3. The average Bonchev–Trinajstić information content (AvgIpc) is 2.79. The molecule has 0 fully saturated rings. The number of rotatable bonds is 6. The van der Waals surface area contributed by atoms with Gasteiger partial charge < -0.3 is 9.90 Å². The number of aromatic nitrogens is 2. The van der Waals surface area contributed by atoms with E-state index in [9.17, 15) is 18.3 Å².